The highest BCUT2D eigenvalue weighted by atomic mass is 32.1. The number of nitrogens with zero attached hydrogens (tertiary/aromatic N) is 1. The van der Waals surface area contributed by atoms with Crippen molar-refractivity contribution in [1.29, 1.82) is 0 Å². The predicted octanol–water partition coefficient (Wildman–Crippen LogP) is 3.83. The van der Waals surface area contributed by atoms with E-state index in [0.29, 0.717) is 19.6 Å². The van der Waals surface area contributed by atoms with Crippen molar-refractivity contribution < 1.29 is 14.3 Å². The molecule has 1 atom stereocenters. The van der Waals surface area contributed by atoms with Crippen molar-refractivity contribution in [3.8, 4) is 0 Å². The summed E-state index contributed by atoms with van der Waals surface area (Å²) in [7, 11) is 0. The van der Waals surface area contributed by atoms with Gasteiger partial charge in [0.05, 0.1) is 25.5 Å². The quantitative estimate of drug-likeness (QED) is 0.683. The zero-order valence-corrected chi connectivity index (χ0v) is 14.9. The van der Waals surface area contributed by atoms with Crippen LogP contribution in [0.3, 0.4) is 0 Å². The monoisotopic (exact) mass is 345 g/mol. The van der Waals surface area contributed by atoms with E-state index in [-0.39, 0.29) is 24.3 Å². The second-order valence-electron chi connectivity index (χ2n) is 5.48. The van der Waals surface area contributed by atoms with Gasteiger partial charge in [-0.1, -0.05) is 36.4 Å². The predicted molar refractivity (Wildman–Crippen MR) is 95.8 cm³/mol. The lowest BCUT2D eigenvalue weighted by Gasteiger charge is -2.29. The van der Waals surface area contributed by atoms with Crippen molar-refractivity contribution in [3.05, 3.63) is 58.3 Å². The first kappa shape index (κ1) is 18.2. The Balaban J connectivity index is 2.10. The minimum Gasteiger partial charge on any atom is -0.466 e. The third-order valence-corrected chi connectivity index (χ3v) is 4.71. The normalized spacial score (nSPS) is 11.8. The van der Waals surface area contributed by atoms with Gasteiger partial charge in [0.2, 0.25) is 5.91 Å². The molecule has 1 aromatic heterocycles. The Labute approximate surface area is 147 Å². The van der Waals surface area contributed by atoms with Gasteiger partial charge in [0.15, 0.2) is 0 Å². The van der Waals surface area contributed by atoms with E-state index in [1.54, 1.807) is 23.2 Å². The fraction of sp³-hybridized carbons (Fsp3) is 0.368. The Morgan fingerprint density at radius 2 is 1.92 bits per heavy atom. The number of carbonyl (C=O) groups excluding carboxylic acids is 2. The van der Waals surface area contributed by atoms with E-state index in [9.17, 15) is 9.59 Å². The molecule has 1 unspecified atom stereocenters. The molecule has 0 saturated carbocycles. The van der Waals surface area contributed by atoms with Crippen LogP contribution in [0.2, 0.25) is 0 Å². The van der Waals surface area contributed by atoms with Crippen LogP contribution in [0, 0.1) is 0 Å². The maximum atomic E-state index is 12.8. The largest absolute Gasteiger partial charge is 0.466 e. The average molecular weight is 345 g/mol. The van der Waals surface area contributed by atoms with Crippen LogP contribution in [0.1, 0.15) is 36.8 Å². The molecule has 128 valence electrons. The number of hydrogen-bond donors (Lipinski definition) is 0. The van der Waals surface area contributed by atoms with Gasteiger partial charge in [-0.05, 0) is 30.9 Å². The Hall–Kier alpha value is -2.14. The van der Waals surface area contributed by atoms with E-state index in [2.05, 4.69) is 0 Å². The van der Waals surface area contributed by atoms with Crippen molar-refractivity contribution >= 4 is 23.2 Å². The maximum Gasteiger partial charge on any atom is 0.307 e. The third kappa shape index (κ3) is 5.20. The molecule has 0 aliphatic heterocycles. The number of ether oxygens (including phenoxy) is 1. The topological polar surface area (TPSA) is 46.6 Å². The first-order valence-electron chi connectivity index (χ1n) is 8.14. The van der Waals surface area contributed by atoms with Gasteiger partial charge < -0.3 is 9.64 Å². The van der Waals surface area contributed by atoms with Crippen molar-refractivity contribution in [1.82, 2.24) is 4.90 Å². The summed E-state index contributed by atoms with van der Waals surface area (Å²) in [4.78, 5) is 27.3. The number of amides is 1. The summed E-state index contributed by atoms with van der Waals surface area (Å²) in [5.41, 5.74) is 1.06. The van der Waals surface area contributed by atoms with Crippen LogP contribution in [0.5, 0.6) is 0 Å². The van der Waals surface area contributed by atoms with E-state index in [1.807, 2.05) is 54.8 Å². The van der Waals surface area contributed by atoms with E-state index < -0.39 is 0 Å². The van der Waals surface area contributed by atoms with Crippen molar-refractivity contribution in [2.45, 2.75) is 32.7 Å². The summed E-state index contributed by atoms with van der Waals surface area (Å²) in [6.45, 7) is 4.49. The maximum absolute atomic E-state index is 12.8. The van der Waals surface area contributed by atoms with Crippen LogP contribution in [-0.4, -0.2) is 29.9 Å². The number of benzene rings is 1. The molecule has 1 heterocycles. The highest BCUT2D eigenvalue weighted by molar-refractivity contribution is 7.10. The molecule has 0 saturated heterocycles. The average Bonchev–Trinajstić information content (AvgIpc) is 3.09. The first-order chi connectivity index (χ1) is 11.6. The van der Waals surface area contributed by atoms with Gasteiger partial charge in [-0.3, -0.25) is 9.59 Å². The molecule has 0 aliphatic rings. The third-order valence-electron chi connectivity index (χ3n) is 3.84. The zero-order chi connectivity index (χ0) is 17.4. The van der Waals surface area contributed by atoms with Gasteiger partial charge in [-0.25, -0.2) is 0 Å². The number of rotatable bonds is 8. The highest BCUT2D eigenvalue weighted by Gasteiger charge is 2.22. The molecule has 2 aromatic rings. The van der Waals surface area contributed by atoms with Crippen LogP contribution in [0.4, 0.5) is 0 Å². The van der Waals surface area contributed by atoms with E-state index >= 15 is 0 Å². The van der Waals surface area contributed by atoms with Gasteiger partial charge in [0, 0.05) is 11.4 Å². The molecule has 2 rings (SSSR count). The fourth-order valence-corrected chi connectivity index (χ4v) is 3.25. The van der Waals surface area contributed by atoms with Gasteiger partial charge in [0.1, 0.15) is 0 Å². The second-order valence-corrected chi connectivity index (χ2v) is 6.52. The lowest BCUT2D eigenvalue weighted by atomic mass is 10.1. The van der Waals surface area contributed by atoms with Gasteiger partial charge in [-0.15, -0.1) is 11.3 Å². The van der Waals surface area contributed by atoms with Gasteiger partial charge in [0.25, 0.3) is 0 Å². The summed E-state index contributed by atoms with van der Waals surface area (Å²) >= 11 is 1.57. The molecule has 0 fully saturated rings. The Morgan fingerprint density at radius 3 is 2.54 bits per heavy atom. The second kappa shape index (κ2) is 9.23. The minimum atomic E-state index is -0.272. The van der Waals surface area contributed by atoms with E-state index in [4.69, 9.17) is 4.74 Å². The lowest BCUT2D eigenvalue weighted by molar-refractivity contribution is -0.144. The van der Waals surface area contributed by atoms with Crippen molar-refractivity contribution in [2.75, 3.05) is 13.2 Å². The van der Waals surface area contributed by atoms with Crippen LogP contribution in [0.15, 0.2) is 47.8 Å². The molecule has 5 heteroatoms. The molecule has 0 bridgehead atoms. The fourth-order valence-electron chi connectivity index (χ4n) is 2.55. The molecule has 4 nitrogen and oxygen atoms in total. The smallest absolute Gasteiger partial charge is 0.307 e. The van der Waals surface area contributed by atoms with Gasteiger partial charge >= 0.3 is 5.97 Å². The number of carbonyl (C=O) groups is 2. The molecule has 1 aromatic carbocycles. The van der Waals surface area contributed by atoms with Crippen LogP contribution < -0.4 is 0 Å². The first-order valence-corrected chi connectivity index (χ1v) is 9.02. The standard InChI is InChI=1S/C19H23NO3S/c1-3-23-19(22)11-12-20(15(2)16-8-5-4-6-9-16)18(21)14-17-10-7-13-24-17/h4-10,13,15H,3,11-12,14H2,1-2H3. The molecule has 0 aliphatic carbocycles. The van der Waals surface area contributed by atoms with E-state index in [1.165, 1.54) is 0 Å². The molecular weight excluding hydrogens is 322 g/mol. The molecule has 0 N–H and O–H groups in total. The van der Waals surface area contributed by atoms with Crippen molar-refractivity contribution in [2.24, 2.45) is 0 Å². The minimum absolute atomic E-state index is 0.0260. The van der Waals surface area contributed by atoms with Crippen LogP contribution in [0.25, 0.3) is 0 Å². The van der Waals surface area contributed by atoms with E-state index in [0.717, 1.165) is 10.4 Å². The number of thiophene rings is 1. The number of esters is 1. The SMILES string of the molecule is CCOC(=O)CCN(C(=O)Cc1cccs1)C(C)c1ccccc1. The van der Waals surface area contributed by atoms with Crippen LogP contribution in [-0.2, 0) is 20.7 Å². The van der Waals surface area contributed by atoms with Crippen LogP contribution >= 0.6 is 11.3 Å². The highest BCUT2D eigenvalue weighted by Crippen LogP contribution is 2.22. The van der Waals surface area contributed by atoms with Crippen molar-refractivity contribution in [3.63, 3.8) is 0 Å². The molecule has 0 radical (unpaired) electrons. The Kier molecular flexibility index (Phi) is 7.00. The van der Waals surface area contributed by atoms with Gasteiger partial charge in [-0.2, -0.15) is 0 Å². The zero-order valence-electron chi connectivity index (χ0n) is 14.1. The summed E-state index contributed by atoms with van der Waals surface area (Å²) in [6, 6.07) is 13.7. The molecule has 0 spiro atoms. The lowest BCUT2D eigenvalue weighted by Crippen LogP contribution is -2.36. The Morgan fingerprint density at radius 1 is 1.17 bits per heavy atom. The molecular formula is C19H23NO3S. The summed E-state index contributed by atoms with van der Waals surface area (Å²) in [5.74, 6) is -0.246. The number of hydrogen-bond acceptors (Lipinski definition) is 4. The summed E-state index contributed by atoms with van der Waals surface area (Å²) in [6.07, 6.45) is 0.568. The Bertz CT molecular complexity index is 640. The molecule has 1 amide bonds. The summed E-state index contributed by atoms with van der Waals surface area (Å²) < 4.78 is 4.99. The molecule has 24 heavy (non-hydrogen) atoms. The summed E-state index contributed by atoms with van der Waals surface area (Å²) in [5, 5.41) is 1.96.